The van der Waals surface area contributed by atoms with Crippen molar-refractivity contribution >= 4 is 15.5 Å². The van der Waals surface area contributed by atoms with Crippen molar-refractivity contribution in [3.8, 4) is 11.8 Å². The molecule has 0 amide bonds. The summed E-state index contributed by atoms with van der Waals surface area (Å²) in [7, 11) is -3.19. The molecule has 2 aromatic carbocycles. The van der Waals surface area contributed by atoms with E-state index in [9.17, 15) is 8.42 Å². The average molecular weight is 330 g/mol. The summed E-state index contributed by atoms with van der Waals surface area (Å²) in [5.74, 6) is 0.648. The Bertz CT molecular complexity index is 839. The van der Waals surface area contributed by atoms with Gasteiger partial charge in [0.15, 0.2) is 9.84 Å². The fourth-order valence-corrected chi connectivity index (χ4v) is 2.78. The molecule has 0 saturated carbocycles. The van der Waals surface area contributed by atoms with Crippen molar-refractivity contribution in [1.29, 1.82) is 5.26 Å². The van der Waals surface area contributed by atoms with Crippen LogP contribution in [0, 0.1) is 18.3 Å². The largest absolute Gasteiger partial charge is 0.492 e. The Morgan fingerprint density at radius 2 is 2.00 bits per heavy atom. The van der Waals surface area contributed by atoms with Gasteiger partial charge in [0.25, 0.3) is 0 Å². The van der Waals surface area contributed by atoms with Crippen LogP contribution in [0.3, 0.4) is 0 Å². The van der Waals surface area contributed by atoms with Gasteiger partial charge in [-0.2, -0.15) is 5.26 Å². The number of sulfone groups is 1. The van der Waals surface area contributed by atoms with Crippen LogP contribution < -0.4 is 10.1 Å². The van der Waals surface area contributed by atoms with Gasteiger partial charge in [-0.05, 0) is 48.9 Å². The number of aryl methyl sites for hydroxylation is 1. The Kier molecular flexibility index (Phi) is 5.24. The van der Waals surface area contributed by atoms with Crippen LogP contribution in [-0.2, 0) is 9.84 Å². The molecular weight excluding hydrogens is 312 g/mol. The highest BCUT2D eigenvalue weighted by Crippen LogP contribution is 2.19. The van der Waals surface area contributed by atoms with Crippen molar-refractivity contribution < 1.29 is 13.2 Å². The number of anilines is 1. The minimum absolute atomic E-state index is 0.310. The lowest BCUT2D eigenvalue weighted by molar-refractivity contribution is 0.333. The van der Waals surface area contributed by atoms with Crippen LogP contribution >= 0.6 is 0 Å². The topological polar surface area (TPSA) is 79.2 Å². The molecule has 2 aromatic rings. The summed E-state index contributed by atoms with van der Waals surface area (Å²) in [6.07, 6.45) is 1.19. The molecule has 6 heteroatoms. The molecule has 0 heterocycles. The van der Waals surface area contributed by atoms with Crippen LogP contribution in [0.1, 0.15) is 11.1 Å². The minimum atomic E-state index is -3.19. The molecule has 0 aliphatic rings. The second-order valence-corrected chi connectivity index (χ2v) is 7.18. The zero-order valence-electron chi connectivity index (χ0n) is 13.0. The van der Waals surface area contributed by atoms with E-state index in [1.807, 2.05) is 6.92 Å². The zero-order valence-corrected chi connectivity index (χ0v) is 13.9. The fourth-order valence-electron chi connectivity index (χ4n) is 2.08. The van der Waals surface area contributed by atoms with E-state index in [0.29, 0.717) is 29.4 Å². The fraction of sp³-hybridized carbons (Fsp3) is 0.235. The Hall–Kier alpha value is -2.52. The molecule has 0 bridgehead atoms. The van der Waals surface area contributed by atoms with Crippen LogP contribution in [0.2, 0.25) is 0 Å². The van der Waals surface area contributed by atoms with Crippen molar-refractivity contribution in [2.75, 3.05) is 24.7 Å². The molecule has 0 aliphatic carbocycles. The van der Waals surface area contributed by atoms with Gasteiger partial charge in [-0.3, -0.25) is 0 Å². The number of benzene rings is 2. The van der Waals surface area contributed by atoms with Crippen molar-refractivity contribution in [3.05, 3.63) is 53.6 Å². The highest BCUT2D eigenvalue weighted by atomic mass is 32.2. The van der Waals surface area contributed by atoms with E-state index in [-0.39, 0.29) is 0 Å². The third kappa shape index (κ3) is 4.73. The first-order valence-corrected chi connectivity index (χ1v) is 8.97. The number of nitrogens with one attached hydrogen (secondary N) is 1. The maximum absolute atomic E-state index is 11.5. The molecule has 1 N–H and O–H groups in total. The highest BCUT2D eigenvalue weighted by Gasteiger charge is 2.08. The summed E-state index contributed by atoms with van der Waals surface area (Å²) in [5.41, 5.74) is 2.29. The van der Waals surface area contributed by atoms with Crippen LogP contribution in [-0.4, -0.2) is 27.8 Å². The van der Waals surface area contributed by atoms with Gasteiger partial charge >= 0.3 is 0 Å². The molecule has 0 unspecified atom stereocenters. The maximum Gasteiger partial charge on any atom is 0.175 e. The standard InChI is InChI=1S/C17H18N2O3S/c1-13-10-16(23(2,20)21)6-7-17(13)19-8-9-22-15-5-3-4-14(11-15)12-18/h3-7,10-11,19H,8-9H2,1-2H3. The van der Waals surface area contributed by atoms with Crippen LogP contribution in [0.4, 0.5) is 5.69 Å². The lowest BCUT2D eigenvalue weighted by Crippen LogP contribution is -2.12. The van der Waals surface area contributed by atoms with E-state index in [0.717, 1.165) is 11.3 Å². The smallest absolute Gasteiger partial charge is 0.175 e. The Labute approximate surface area is 136 Å². The monoisotopic (exact) mass is 330 g/mol. The van der Waals surface area contributed by atoms with E-state index >= 15 is 0 Å². The average Bonchev–Trinajstić information content (AvgIpc) is 2.52. The lowest BCUT2D eigenvalue weighted by Gasteiger charge is -2.12. The molecule has 0 aromatic heterocycles. The second kappa shape index (κ2) is 7.16. The summed E-state index contributed by atoms with van der Waals surface area (Å²) < 4.78 is 28.6. The molecule has 0 spiro atoms. The van der Waals surface area contributed by atoms with Crippen molar-refractivity contribution in [3.63, 3.8) is 0 Å². The zero-order chi connectivity index (χ0) is 16.9. The molecule has 0 radical (unpaired) electrons. The third-order valence-corrected chi connectivity index (χ3v) is 4.39. The van der Waals surface area contributed by atoms with E-state index in [4.69, 9.17) is 10.00 Å². The van der Waals surface area contributed by atoms with Gasteiger partial charge in [-0.1, -0.05) is 6.07 Å². The Morgan fingerprint density at radius 1 is 1.22 bits per heavy atom. The van der Waals surface area contributed by atoms with Gasteiger partial charge in [0.2, 0.25) is 0 Å². The second-order valence-electron chi connectivity index (χ2n) is 5.16. The quantitative estimate of drug-likeness (QED) is 0.824. The molecule has 0 aliphatic heterocycles. The molecule has 0 saturated heterocycles. The molecular formula is C17H18N2O3S. The number of hydrogen-bond acceptors (Lipinski definition) is 5. The van der Waals surface area contributed by atoms with E-state index in [2.05, 4.69) is 11.4 Å². The van der Waals surface area contributed by atoms with Gasteiger partial charge in [0.05, 0.1) is 16.5 Å². The van der Waals surface area contributed by atoms with Crippen LogP contribution in [0.15, 0.2) is 47.4 Å². The SMILES string of the molecule is Cc1cc(S(C)(=O)=O)ccc1NCCOc1cccc(C#N)c1. The normalized spacial score (nSPS) is 10.8. The number of ether oxygens (including phenoxy) is 1. The third-order valence-electron chi connectivity index (χ3n) is 3.28. The van der Waals surface area contributed by atoms with E-state index < -0.39 is 9.84 Å². The summed E-state index contributed by atoms with van der Waals surface area (Å²) in [5, 5.41) is 12.0. The number of hydrogen-bond donors (Lipinski definition) is 1. The van der Waals surface area contributed by atoms with E-state index in [1.54, 1.807) is 42.5 Å². The minimum Gasteiger partial charge on any atom is -0.492 e. The maximum atomic E-state index is 11.5. The number of rotatable bonds is 6. The summed E-state index contributed by atoms with van der Waals surface area (Å²) in [6, 6.07) is 14.0. The van der Waals surface area contributed by atoms with Crippen molar-refractivity contribution in [2.45, 2.75) is 11.8 Å². The van der Waals surface area contributed by atoms with Crippen LogP contribution in [0.25, 0.3) is 0 Å². The first kappa shape index (κ1) is 16.8. The van der Waals surface area contributed by atoms with Crippen molar-refractivity contribution in [1.82, 2.24) is 0 Å². The molecule has 2 rings (SSSR count). The predicted molar refractivity (Wildman–Crippen MR) is 89.4 cm³/mol. The van der Waals surface area contributed by atoms with Gasteiger partial charge in [0.1, 0.15) is 12.4 Å². The molecule has 120 valence electrons. The van der Waals surface area contributed by atoms with Gasteiger partial charge in [0, 0.05) is 18.5 Å². The highest BCUT2D eigenvalue weighted by molar-refractivity contribution is 7.90. The molecule has 23 heavy (non-hydrogen) atoms. The summed E-state index contributed by atoms with van der Waals surface area (Å²) in [6.45, 7) is 2.85. The molecule has 0 fully saturated rings. The molecule has 0 atom stereocenters. The van der Waals surface area contributed by atoms with Crippen molar-refractivity contribution in [2.24, 2.45) is 0 Å². The van der Waals surface area contributed by atoms with E-state index in [1.165, 1.54) is 6.26 Å². The number of nitriles is 1. The van der Waals surface area contributed by atoms with Gasteiger partial charge in [-0.25, -0.2) is 8.42 Å². The first-order valence-electron chi connectivity index (χ1n) is 7.08. The molecule has 5 nitrogen and oxygen atoms in total. The first-order chi connectivity index (χ1) is 10.9. The Morgan fingerprint density at radius 3 is 2.65 bits per heavy atom. The number of nitrogens with zero attached hydrogens (tertiary/aromatic N) is 1. The summed E-state index contributed by atoms with van der Waals surface area (Å²) in [4.78, 5) is 0.310. The van der Waals surface area contributed by atoms with Crippen LogP contribution in [0.5, 0.6) is 5.75 Å². The Balaban J connectivity index is 1.90. The lowest BCUT2D eigenvalue weighted by atomic mass is 10.2. The van der Waals surface area contributed by atoms with Gasteiger partial charge < -0.3 is 10.1 Å². The predicted octanol–water partition coefficient (Wildman–Crippen LogP) is 2.76. The van der Waals surface area contributed by atoms with Gasteiger partial charge in [-0.15, -0.1) is 0 Å². The summed E-state index contributed by atoms with van der Waals surface area (Å²) >= 11 is 0.